The molecule has 1 aromatic carbocycles. The summed E-state index contributed by atoms with van der Waals surface area (Å²) in [5, 5.41) is 3.86. The summed E-state index contributed by atoms with van der Waals surface area (Å²) >= 11 is 0. The zero-order valence-electron chi connectivity index (χ0n) is 9.58. The Balaban J connectivity index is 0.00000144. The third kappa shape index (κ3) is 2.95. The SMILES string of the molecule is COc1cccc(-c2noc([C@@H](C)N)n2)c1.Cl. The smallest absolute Gasteiger partial charge is 0.243 e. The predicted octanol–water partition coefficient (Wildman–Crippen LogP) is 2.19. The Morgan fingerprint density at radius 3 is 2.76 bits per heavy atom. The Hall–Kier alpha value is -1.59. The summed E-state index contributed by atoms with van der Waals surface area (Å²) in [4.78, 5) is 4.20. The number of ether oxygens (including phenoxy) is 1. The molecule has 0 aliphatic heterocycles. The fourth-order valence-corrected chi connectivity index (χ4v) is 1.30. The van der Waals surface area contributed by atoms with E-state index in [1.54, 1.807) is 14.0 Å². The average molecular weight is 256 g/mol. The molecule has 2 N–H and O–H groups in total. The van der Waals surface area contributed by atoms with E-state index in [1.165, 1.54) is 0 Å². The fourth-order valence-electron chi connectivity index (χ4n) is 1.30. The number of nitrogens with zero attached hydrogens (tertiary/aromatic N) is 2. The van der Waals surface area contributed by atoms with Crippen molar-refractivity contribution in [2.24, 2.45) is 5.73 Å². The number of hydrogen-bond acceptors (Lipinski definition) is 5. The van der Waals surface area contributed by atoms with Gasteiger partial charge in [-0.15, -0.1) is 12.4 Å². The van der Waals surface area contributed by atoms with E-state index in [2.05, 4.69) is 10.1 Å². The van der Waals surface area contributed by atoms with Gasteiger partial charge in [0.2, 0.25) is 11.7 Å². The highest BCUT2D eigenvalue weighted by Crippen LogP contribution is 2.22. The minimum absolute atomic E-state index is 0. The standard InChI is InChI=1S/C11H13N3O2.ClH/c1-7(12)11-13-10(14-16-11)8-4-3-5-9(6-8)15-2;/h3-7H,12H2,1-2H3;1H/t7-;/m1./s1. The number of methoxy groups -OCH3 is 1. The van der Waals surface area contributed by atoms with Gasteiger partial charge in [-0.1, -0.05) is 17.3 Å². The van der Waals surface area contributed by atoms with Gasteiger partial charge in [0.1, 0.15) is 5.75 Å². The van der Waals surface area contributed by atoms with Gasteiger partial charge in [0.25, 0.3) is 0 Å². The van der Waals surface area contributed by atoms with Crippen molar-refractivity contribution in [1.82, 2.24) is 10.1 Å². The molecule has 0 aliphatic rings. The van der Waals surface area contributed by atoms with Gasteiger partial charge in [-0.25, -0.2) is 0 Å². The average Bonchev–Trinajstić information content (AvgIpc) is 2.78. The molecule has 0 saturated heterocycles. The van der Waals surface area contributed by atoms with E-state index in [0.29, 0.717) is 11.7 Å². The number of halogens is 1. The van der Waals surface area contributed by atoms with Crippen molar-refractivity contribution in [1.29, 1.82) is 0 Å². The fraction of sp³-hybridized carbons (Fsp3) is 0.273. The normalized spacial score (nSPS) is 11.7. The van der Waals surface area contributed by atoms with E-state index >= 15 is 0 Å². The molecular formula is C11H14ClN3O2. The maximum absolute atomic E-state index is 5.64. The number of rotatable bonds is 3. The molecule has 2 rings (SSSR count). The van der Waals surface area contributed by atoms with Crippen LogP contribution in [0, 0.1) is 0 Å². The maximum atomic E-state index is 5.64. The van der Waals surface area contributed by atoms with Crippen LogP contribution in [0.1, 0.15) is 18.9 Å². The molecular weight excluding hydrogens is 242 g/mol. The molecule has 0 unspecified atom stereocenters. The van der Waals surface area contributed by atoms with Crippen molar-refractivity contribution in [2.45, 2.75) is 13.0 Å². The molecule has 1 atom stereocenters. The molecule has 17 heavy (non-hydrogen) atoms. The molecule has 2 aromatic rings. The van der Waals surface area contributed by atoms with Gasteiger partial charge in [-0.05, 0) is 19.1 Å². The van der Waals surface area contributed by atoms with Gasteiger partial charge >= 0.3 is 0 Å². The van der Waals surface area contributed by atoms with Crippen LogP contribution in [0.3, 0.4) is 0 Å². The van der Waals surface area contributed by atoms with Crippen molar-refractivity contribution in [3.05, 3.63) is 30.2 Å². The zero-order chi connectivity index (χ0) is 11.5. The molecule has 0 bridgehead atoms. The first-order chi connectivity index (χ1) is 7.70. The molecule has 1 aromatic heterocycles. The highest BCUT2D eigenvalue weighted by Gasteiger charge is 2.11. The minimum atomic E-state index is -0.258. The highest BCUT2D eigenvalue weighted by atomic mass is 35.5. The first kappa shape index (κ1) is 13.5. The maximum Gasteiger partial charge on any atom is 0.243 e. The minimum Gasteiger partial charge on any atom is -0.497 e. The summed E-state index contributed by atoms with van der Waals surface area (Å²) in [5.41, 5.74) is 6.48. The molecule has 0 amide bonds. The van der Waals surface area contributed by atoms with Gasteiger partial charge in [0.05, 0.1) is 13.2 Å². The summed E-state index contributed by atoms with van der Waals surface area (Å²) in [6.07, 6.45) is 0. The van der Waals surface area contributed by atoms with Gasteiger partial charge in [0.15, 0.2) is 0 Å². The van der Waals surface area contributed by atoms with E-state index in [-0.39, 0.29) is 18.4 Å². The summed E-state index contributed by atoms with van der Waals surface area (Å²) in [6.45, 7) is 1.79. The van der Waals surface area contributed by atoms with E-state index < -0.39 is 0 Å². The summed E-state index contributed by atoms with van der Waals surface area (Å²) in [5.74, 6) is 1.70. The predicted molar refractivity (Wildman–Crippen MR) is 66.1 cm³/mol. The molecule has 0 aliphatic carbocycles. The van der Waals surface area contributed by atoms with Crippen LogP contribution in [0.4, 0.5) is 0 Å². The van der Waals surface area contributed by atoms with Crippen LogP contribution in [0.25, 0.3) is 11.4 Å². The van der Waals surface area contributed by atoms with Crippen LogP contribution >= 0.6 is 12.4 Å². The lowest BCUT2D eigenvalue weighted by atomic mass is 10.2. The van der Waals surface area contributed by atoms with Crippen molar-refractivity contribution < 1.29 is 9.26 Å². The van der Waals surface area contributed by atoms with E-state index in [1.807, 2.05) is 24.3 Å². The van der Waals surface area contributed by atoms with Crippen LogP contribution in [-0.2, 0) is 0 Å². The summed E-state index contributed by atoms with van der Waals surface area (Å²) in [7, 11) is 1.61. The Kier molecular flexibility index (Phi) is 4.48. The van der Waals surface area contributed by atoms with Gasteiger partial charge in [-0.3, -0.25) is 0 Å². The Morgan fingerprint density at radius 1 is 1.41 bits per heavy atom. The van der Waals surface area contributed by atoms with Gasteiger partial charge in [-0.2, -0.15) is 4.98 Å². The second kappa shape index (κ2) is 5.65. The quantitative estimate of drug-likeness (QED) is 0.910. The second-order valence-electron chi connectivity index (χ2n) is 3.48. The Labute approximate surface area is 105 Å². The Bertz CT molecular complexity index is 485. The van der Waals surface area contributed by atoms with Gasteiger partial charge < -0.3 is 15.0 Å². The second-order valence-corrected chi connectivity index (χ2v) is 3.48. The molecule has 0 fully saturated rings. The number of hydrogen-bond donors (Lipinski definition) is 1. The molecule has 0 spiro atoms. The van der Waals surface area contributed by atoms with E-state index in [9.17, 15) is 0 Å². The molecule has 6 heteroatoms. The van der Waals surface area contributed by atoms with E-state index in [0.717, 1.165) is 11.3 Å². The van der Waals surface area contributed by atoms with Crippen molar-refractivity contribution in [3.8, 4) is 17.1 Å². The van der Waals surface area contributed by atoms with Crippen molar-refractivity contribution in [2.75, 3.05) is 7.11 Å². The zero-order valence-corrected chi connectivity index (χ0v) is 10.4. The van der Waals surface area contributed by atoms with Crippen LogP contribution in [0.5, 0.6) is 5.75 Å². The lowest BCUT2D eigenvalue weighted by molar-refractivity contribution is 0.362. The van der Waals surface area contributed by atoms with Crippen LogP contribution < -0.4 is 10.5 Å². The molecule has 5 nitrogen and oxygen atoms in total. The monoisotopic (exact) mass is 255 g/mol. The number of benzene rings is 1. The topological polar surface area (TPSA) is 74.2 Å². The highest BCUT2D eigenvalue weighted by molar-refractivity contribution is 5.85. The molecule has 1 heterocycles. The van der Waals surface area contributed by atoms with Crippen molar-refractivity contribution >= 4 is 12.4 Å². The first-order valence-corrected chi connectivity index (χ1v) is 4.94. The third-order valence-electron chi connectivity index (χ3n) is 2.16. The first-order valence-electron chi connectivity index (χ1n) is 4.94. The largest absolute Gasteiger partial charge is 0.497 e. The number of aromatic nitrogens is 2. The molecule has 0 saturated carbocycles. The van der Waals surface area contributed by atoms with Crippen LogP contribution in [-0.4, -0.2) is 17.3 Å². The Morgan fingerprint density at radius 2 is 2.18 bits per heavy atom. The third-order valence-corrected chi connectivity index (χ3v) is 2.16. The number of nitrogens with two attached hydrogens (primary N) is 1. The molecule has 92 valence electrons. The summed E-state index contributed by atoms with van der Waals surface area (Å²) in [6, 6.07) is 7.20. The summed E-state index contributed by atoms with van der Waals surface area (Å²) < 4.78 is 10.1. The lowest BCUT2D eigenvalue weighted by Crippen LogP contribution is -2.04. The van der Waals surface area contributed by atoms with Gasteiger partial charge in [0, 0.05) is 5.56 Å². The van der Waals surface area contributed by atoms with Crippen LogP contribution in [0.2, 0.25) is 0 Å². The molecule has 0 radical (unpaired) electrons. The lowest BCUT2D eigenvalue weighted by Gasteiger charge is -1.99. The van der Waals surface area contributed by atoms with Crippen molar-refractivity contribution in [3.63, 3.8) is 0 Å². The van der Waals surface area contributed by atoms with E-state index in [4.69, 9.17) is 15.0 Å². The van der Waals surface area contributed by atoms with Crippen LogP contribution in [0.15, 0.2) is 28.8 Å².